The number of nitrogens with one attached hydrogen (secondary N) is 1. The van der Waals surface area contributed by atoms with E-state index in [1.165, 1.54) is 0 Å². The zero-order chi connectivity index (χ0) is 14.7. The molecule has 3 nitrogen and oxygen atoms in total. The van der Waals surface area contributed by atoms with Gasteiger partial charge in [0.05, 0.1) is 5.70 Å². The normalized spacial score (nSPS) is 13.7. The highest BCUT2D eigenvalue weighted by Crippen LogP contribution is 2.34. The molecule has 0 aromatic heterocycles. The van der Waals surface area contributed by atoms with E-state index in [0.717, 1.165) is 17.6 Å². The van der Waals surface area contributed by atoms with E-state index in [2.05, 4.69) is 11.9 Å². The third kappa shape index (κ3) is 2.57. The van der Waals surface area contributed by atoms with E-state index >= 15 is 0 Å². The third-order valence-corrected chi connectivity index (χ3v) is 3.40. The number of Topliss-reactive ketones (excluding diaryl/α,β-unsaturated/α-hetero) is 1. The number of fused-ring (bicyclic) bond motifs is 1. The molecule has 1 aromatic rings. The highest BCUT2D eigenvalue weighted by Gasteiger charge is 2.30. The summed E-state index contributed by atoms with van der Waals surface area (Å²) in [5.41, 5.74) is 2.95. The zero-order valence-electron chi connectivity index (χ0n) is 11.9. The topological polar surface area (TPSA) is 46.2 Å². The molecule has 0 heterocycles. The summed E-state index contributed by atoms with van der Waals surface area (Å²) in [5.74, 6) is -0.370. The molecule has 1 aliphatic rings. The van der Waals surface area contributed by atoms with Crippen molar-refractivity contribution in [1.29, 1.82) is 0 Å². The monoisotopic (exact) mass is 269 g/mol. The Hall–Kier alpha value is -2.16. The number of hydrogen-bond donors (Lipinski definition) is 1. The Labute approximate surface area is 119 Å². The van der Waals surface area contributed by atoms with Gasteiger partial charge < -0.3 is 5.32 Å². The molecule has 0 fully saturated rings. The van der Waals surface area contributed by atoms with Crippen molar-refractivity contribution in [3.63, 3.8) is 0 Å². The predicted octanol–water partition coefficient (Wildman–Crippen LogP) is 3.33. The van der Waals surface area contributed by atoms with Gasteiger partial charge in [-0.3, -0.25) is 9.59 Å². The molecule has 104 valence electrons. The minimum atomic E-state index is -0.153. The fourth-order valence-corrected chi connectivity index (χ4v) is 2.26. The van der Waals surface area contributed by atoms with Gasteiger partial charge in [-0.25, -0.2) is 0 Å². The molecule has 0 radical (unpaired) electrons. The van der Waals surface area contributed by atoms with Gasteiger partial charge in [0.2, 0.25) is 11.7 Å². The van der Waals surface area contributed by atoms with E-state index in [4.69, 9.17) is 0 Å². The summed E-state index contributed by atoms with van der Waals surface area (Å²) in [6.45, 7) is 7.34. The van der Waals surface area contributed by atoms with E-state index < -0.39 is 0 Å². The zero-order valence-corrected chi connectivity index (χ0v) is 11.9. The van der Waals surface area contributed by atoms with Crippen LogP contribution in [0.5, 0.6) is 0 Å². The molecule has 3 heteroatoms. The Balaban J connectivity index is 2.41. The maximum Gasteiger partial charge on any atom is 0.227 e. The van der Waals surface area contributed by atoms with Crippen LogP contribution in [0.2, 0.25) is 0 Å². The SMILES string of the molecule is C=CCCC1=C(NC(=O)C(C)C)C(=O)c2ccccc21. The lowest BCUT2D eigenvalue weighted by atomic mass is 10.0. The Bertz CT molecular complexity index is 597. The number of carbonyl (C=O) groups is 2. The molecule has 0 spiro atoms. The van der Waals surface area contributed by atoms with Crippen LogP contribution in [0.3, 0.4) is 0 Å². The van der Waals surface area contributed by atoms with Crippen molar-refractivity contribution in [2.24, 2.45) is 5.92 Å². The van der Waals surface area contributed by atoms with Crippen LogP contribution in [0.25, 0.3) is 5.57 Å². The number of allylic oxidation sites excluding steroid dienone is 3. The maximum absolute atomic E-state index is 12.4. The van der Waals surface area contributed by atoms with E-state index in [0.29, 0.717) is 17.7 Å². The van der Waals surface area contributed by atoms with Crippen LogP contribution in [0.1, 0.15) is 42.6 Å². The molecule has 1 N–H and O–H groups in total. The highest BCUT2D eigenvalue weighted by atomic mass is 16.2. The van der Waals surface area contributed by atoms with Gasteiger partial charge >= 0.3 is 0 Å². The molecule has 0 saturated heterocycles. The molecule has 20 heavy (non-hydrogen) atoms. The molecule has 0 atom stereocenters. The Morgan fingerprint density at radius 2 is 1.95 bits per heavy atom. The first-order chi connectivity index (χ1) is 9.56. The van der Waals surface area contributed by atoms with E-state index in [1.54, 1.807) is 6.07 Å². The lowest BCUT2D eigenvalue weighted by Crippen LogP contribution is -2.30. The summed E-state index contributed by atoms with van der Waals surface area (Å²) in [7, 11) is 0. The van der Waals surface area contributed by atoms with Crippen LogP contribution in [0.4, 0.5) is 0 Å². The first-order valence-electron chi connectivity index (χ1n) is 6.85. The van der Waals surface area contributed by atoms with Gasteiger partial charge in [0, 0.05) is 11.5 Å². The van der Waals surface area contributed by atoms with Gasteiger partial charge in [-0.15, -0.1) is 6.58 Å². The minimum absolute atomic E-state index is 0.0892. The smallest absolute Gasteiger partial charge is 0.227 e. The van der Waals surface area contributed by atoms with Crippen LogP contribution < -0.4 is 5.32 Å². The van der Waals surface area contributed by atoms with Crippen LogP contribution in [0, 0.1) is 5.92 Å². The molecule has 2 rings (SSSR count). The minimum Gasteiger partial charge on any atom is -0.322 e. The number of ketones is 1. The predicted molar refractivity (Wildman–Crippen MR) is 80.1 cm³/mol. The molecule has 1 amide bonds. The van der Waals surface area contributed by atoms with Crippen molar-refractivity contribution in [1.82, 2.24) is 5.32 Å². The van der Waals surface area contributed by atoms with Crippen molar-refractivity contribution < 1.29 is 9.59 Å². The van der Waals surface area contributed by atoms with Gasteiger partial charge in [-0.2, -0.15) is 0 Å². The number of benzene rings is 1. The summed E-state index contributed by atoms with van der Waals surface area (Å²) < 4.78 is 0. The second-order valence-electron chi connectivity index (χ2n) is 5.20. The first kappa shape index (κ1) is 14.3. The molecule has 0 bridgehead atoms. The van der Waals surface area contributed by atoms with Crippen molar-refractivity contribution in [2.45, 2.75) is 26.7 Å². The lowest BCUT2D eigenvalue weighted by Gasteiger charge is -2.10. The summed E-state index contributed by atoms with van der Waals surface area (Å²) in [6.07, 6.45) is 3.30. The fraction of sp³-hybridized carbons (Fsp3) is 0.294. The second kappa shape index (κ2) is 5.87. The van der Waals surface area contributed by atoms with Gasteiger partial charge in [-0.05, 0) is 24.0 Å². The van der Waals surface area contributed by atoms with Gasteiger partial charge in [-0.1, -0.05) is 44.2 Å². The lowest BCUT2D eigenvalue weighted by molar-refractivity contribution is -0.123. The van der Waals surface area contributed by atoms with Crippen molar-refractivity contribution in [2.75, 3.05) is 0 Å². The summed E-state index contributed by atoms with van der Waals surface area (Å²) in [4.78, 5) is 24.3. The number of rotatable bonds is 5. The molecular formula is C17H19NO2. The molecular weight excluding hydrogens is 250 g/mol. The maximum atomic E-state index is 12.4. The molecule has 1 aliphatic carbocycles. The van der Waals surface area contributed by atoms with Crippen LogP contribution in [-0.2, 0) is 4.79 Å². The van der Waals surface area contributed by atoms with Gasteiger partial charge in [0.25, 0.3) is 0 Å². The highest BCUT2D eigenvalue weighted by molar-refractivity contribution is 6.21. The van der Waals surface area contributed by atoms with Crippen molar-refractivity contribution in [3.8, 4) is 0 Å². The standard InChI is InChI=1S/C17H19NO2/c1-4-5-8-13-12-9-6-7-10-14(12)16(19)15(13)18-17(20)11(2)3/h4,6-7,9-11H,1,5,8H2,2-3H3,(H,18,19,20). The molecule has 0 aliphatic heterocycles. The largest absolute Gasteiger partial charge is 0.322 e. The molecule has 0 saturated carbocycles. The van der Waals surface area contributed by atoms with E-state index in [-0.39, 0.29) is 17.6 Å². The number of carbonyl (C=O) groups excluding carboxylic acids is 2. The van der Waals surface area contributed by atoms with Crippen molar-refractivity contribution >= 4 is 17.3 Å². The van der Waals surface area contributed by atoms with Crippen LogP contribution in [0.15, 0.2) is 42.6 Å². The summed E-state index contributed by atoms with van der Waals surface area (Å²) in [6, 6.07) is 7.49. The molecule has 1 aromatic carbocycles. The Morgan fingerprint density at radius 1 is 1.30 bits per heavy atom. The van der Waals surface area contributed by atoms with Gasteiger partial charge in [0.1, 0.15) is 0 Å². The quantitative estimate of drug-likeness (QED) is 0.833. The number of amides is 1. The first-order valence-corrected chi connectivity index (χ1v) is 6.85. The van der Waals surface area contributed by atoms with Crippen molar-refractivity contribution in [3.05, 3.63) is 53.7 Å². The third-order valence-electron chi connectivity index (χ3n) is 3.40. The Kier molecular flexibility index (Phi) is 4.18. The fourth-order valence-electron chi connectivity index (χ4n) is 2.26. The summed E-state index contributed by atoms with van der Waals surface area (Å²) >= 11 is 0. The van der Waals surface area contributed by atoms with E-state index in [9.17, 15) is 9.59 Å². The van der Waals surface area contributed by atoms with Gasteiger partial charge in [0.15, 0.2) is 0 Å². The average Bonchev–Trinajstić information content (AvgIpc) is 2.70. The van der Waals surface area contributed by atoms with Crippen LogP contribution >= 0.6 is 0 Å². The number of hydrogen-bond acceptors (Lipinski definition) is 2. The van der Waals surface area contributed by atoms with Crippen LogP contribution in [-0.4, -0.2) is 11.7 Å². The molecule has 0 unspecified atom stereocenters. The average molecular weight is 269 g/mol. The summed E-state index contributed by atoms with van der Waals surface area (Å²) in [5, 5.41) is 2.79. The second-order valence-corrected chi connectivity index (χ2v) is 5.20. The Morgan fingerprint density at radius 3 is 2.55 bits per heavy atom. The van der Waals surface area contributed by atoms with E-state index in [1.807, 2.05) is 38.1 Å².